The Balaban J connectivity index is 2.19. The third-order valence-electron chi connectivity index (χ3n) is 1.71. The number of carbonyl (C=O) groups excluding carboxylic acids is 1. The molecule has 0 aromatic heterocycles. The predicted octanol–water partition coefficient (Wildman–Crippen LogP) is 0.453. The zero-order chi connectivity index (χ0) is 8.27. The van der Waals surface area contributed by atoms with Crippen LogP contribution >= 0.6 is 0 Å². The van der Waals surface area contributed by atoms with Crippen LogP contribution in [0.3, 0.4) is 0 Å². The van der Waals surface area contributed by atoms with E-state index in [2.05, 4.69) is 0 Å². The second-order valence-electron chi connectivity index (χ2n) is 2.85. The summed E-state index contributed by atoms with van der Waals surface area (Å²) in [5, 5.41) is 0. The number of ether oxygens (including phenoxy) is 1. The third kappa shape index (κ3) is 2.72. The molecule has 0 radical (unpaired) electrons. The smallest absolute Gasteiger partial charge is 0.302 e. The summed E-state index contributed by atoms with van der Waals surface area (Å²) in [6.45, 7) is 1.89. The van der Waals surface area contributed by atoms with Crippen molar-refractivity contribution in [2.24, 2.45) is 11.7 Å². The van der Waals surface area contributed by atoms with E-state index >= 15 is 0 Å². The summed E-state index contributed by atoms with van der Waals surface area (Å²) < 4.78 is 4.83. The van der Waals surface area contributed by atoms with Gasteiger partial charge in [-0.05, 0) is 6.42 Å². The summed E-state index contributed by atoms with van der Waals surface area (Å²) >= 11 is 0. The standard InChI is InChI=1S/C8H13NO2/c1-6(10)11-5-7-2-3-8(9)4-7/h2-3,7-8H,4-5,9H2,1H3. The molecule has 0 saturated carbocycles. The molecule has 2 atom stereocenters. The monoisotopic (exact) mass is 155 g/mol. The summed E-state index contributed by atoms with van der Waals surface area (Å²) in [5.41, 5.74) is 5.60. The van der Waals surface area contributed by atoms with Crippen molar-refractivity contribution in [3.63, 3.8) is 0 Å². The second kappa shape index (κ2) is 3.53. The topological polar surface area (TPSA) is 52.3 Å². The highest BCUT2D eigenvalue weighted by atomic mass is 16.5. The molecule has 2 N–H and O–H groups in total. The molecule has 0 aromatic carbocycles. The molecule has 1 rings (SSSR count). The van der Waals surface area contributed by atoms with E-state index in [4.69, 9.17) is 10.5 Å². The molecule has 3 nitrogen and oxygen atoms in total. The van der Waals surface area contributed by atoms with Crippen molar-refractivity contribution in [2.75, 3.05) is 6.61 Å². The number of rotatable bonds is 2. The van der Waals surface area contributed by atoms with Crippen molar-refractivity contribution < 1.29 is 9.53 Å². The number of carbonyl (C=O) groups is 1. The van der Waals surface area contributed by atoms with Gasteiger partial charge in [0.2, 0.25) is 0 Å². The van der Waals surface area contributed by atoms with Gasteiger partial charge in [0, 0.05) is 18.9 Å². The number of hydrogen-bond donors (Lipinski definition) is 1. The highest BCUT2D eigenvalue weighted by Gasteiger charge is 2.15. The minimum Gasteiger partial charge on any atom is -0.465 e. The molecule has 2 unspecified atom stereocenters. The SMILES string of the molecule is CC(=O)OCC1C=CC(N)C1. The lowest BCUT2D eigenvalue weighted by molar-refractivity contribution is -0.141. The molecule has 0 aliphatic heterocycles. The zero-order valence-corrected chi connectivity index (χ0v) is 6.62. The summed E-state index contributed by atoms with van der Waals surface area (Å²) in [4.78, 5) is 10.4. The molecular formula is C8H13NO2. The summed E-state index contributed by atoms with van der Waals surface area (Å²) in [6.07, 6.45) is 4.86. The molecule has 0 amide bonds. The lowest BCUT2D eigenvalue weighted by Gasteiger charge is -2.07. The van der Waals surface area contributed by atoms with E-state index in [0.717, 1.165) is 6.42 Å². The molecule has 1 aliphatic carbocycles. The largest absolute Gasteiger partial charge is 0.465 e. The van der Waals surface area contributed by atoms with E-state index in [1.165, 1.54) is 6.92 Å². The van der Waals surface area contributed by atoms with E-state index in [0.29, 0.717) is 12.5 Å². The molecule has 0 heterocycles. The van der Waals surface area contributed by atoms with Crippen molar-refractivity contribution >= 4 is 5.97 Å². The average Bonchev–Trinajstić information content (AvgIpc) is 2.31. The molecule has 11 heavy (non-hydrogen) atoms. The van der Waals surface area contributed by atoms with Crippen LogP contribution < -0.4 is 5.73 Å². The highest BCUT2D eigenvalue weighted by molar-refractivity contribution is 5.65. The Morgan fingerprint density at radius 3 is 2.91 bits per heavy atom. The van der Waals surface area contributed by atoms with Crippen molar-refractivity contribution in [1.82, 2.24) is 0 Å². The van der Waals surface area contributed by atoms with Crippen LogP contribution in [0.4, 0.5) is 0 Å². The van der Waals surface area contributed by atoms with Crippen molar-refractivity contribution in [1.29, 1.82) is 0 Å². The molecule has 62 valence electrons. The Morgan fingerprint density at radius 1 is 1.73 bits per heavy atom. The van der Waals surface area contributed by atoms with E-state index in [9.17, 15) is 4.79 Å². The number of esters is 1. The minimum atomic E-state index is -0.223. The van der Waals surface area contributed by atoms with E-state index in [1.54, 1.807) is 0 Å². The summed E-state index contributed by atoms with van der Waals surface area (Å²) in [5.74, 6) is 0.104. The van der Waals surface area contributed by atoms with Gasteiger partial charge < -0.3 is 10.5 Å². The van der Waals surface area contributed by atoms with Gasteiger partial charge in [0.25, 0.3) is 0 Å². The first-order chi connectivity index (χ1) is 5.18. The number of hydrogen-bond acceptors (Lipinski definition) is 3. The summed E-state index contributed by atoms with van der Waals surface area (Å²) in [7, 11) is 0. The zero-order valence-electron chi connectivity index (χ0n) is 6.62. The fraction of sp³-hybridized carbons (Fsp3) is 0.625. The van der Waals surface area contributed by atoms with Crippen molar-refractivity contribution in [3.05, 3.63) is 12.2 Å². The Kier molecular flexibility index (Phi) is 2.65. The Hall–Kier alpha value is -0.830. The van der Waals surface area contributed by atoms with Crippen LogP contribution in [0.25, 0.3) is 0 Å². The van der Waals surface area contributed by atoms with Gasteiger partial charge in [-0.2, -0.15) is 0 Å². The molecule has 0 spiro atoms. The van der Waals surface area contributed by atoms with E-state index in [-0.39, 0.29) is 12.0 Å². The summed E-state index contributed by atoms with van der Waals surface area (Å²) in [6, 6.07) is 0.149. The quantitative estimate of drug-likeness (QED) is 0.465. The molecule has 0 saturated heterocycles. The second-order valence-corrected chi connectivity index (χ2v) is 2.85. The van der Waals surface area contributed by atoms with Gasteiger partial charge >= 0.3 is 5.97 Å². The Bertz CT molecular complexity index is 177. The third-order valence-corrected chi connectivity index (χ3v) is 1.71. The maximum atomic E-state index is 10.4. The first kappa shape index (κ1) is 8.27. The Labute approximate surface area is 66.2 Å². The van der Waals surface area contributed by atoms with Gasteiger partial charge in [-0.15, -0.1) is 0 Å². The van der Waals surface area contributed by atoms with Crippen LogP contribution in [0.5, 0.6) is 0 Å². The van der Waals surface area contributed by atoms with Gasteiger partial charge in [-0.3, -0.25) is 4.79 Å². The van der Waals surface area contributed by atoms with Crippen LogP contribution in [-0.4, -0.2) is 18.6 Å². The van der Waals surface area contributed by atoms with Crippen LogP contribution in [0.2, 0.25) is 0 Å². The van der Waals surface area contributed by atoms with Gasteiger partial charge in [0.05, 0.1) is 6.61 Å². The maximum absolute atomic E-state index is 10.4. The predicted molar refractivity (Wildman–Crippen MR) is 41.9 cm³/mol. The number of nitrogens with two attached hydrogens (primary N) is 1. The van der Waals surface area contributed by atoms with Crippen LogP contribution in [0.1, 0.15) is 13.3 Å². The van der Waals surface area contributed by atoms with Gasteiger partial charge in [-0.1, -0.05) is 12.2 Å². The van der Waals surface area contributed by atoms with Gasteiger partial charge in [0.15, 0.2) is 0 Å². The fourth-order valence-electron chi connectivity index (χ4n) is 1.15. The molecule has 0 aromatic rings. The normalized spacial score (nSPS) is 28.9. The fourth-order valence-corrected chi connectivity index (χ4v) is 1.15. The molecule has 3 heteroatoms. The highest BCUT2D eigenvalue weighted by Crippen LogP contribution is 2.16. The molecule has 0 fully saturated rings. The van der Waals surface area contributed by atoms with Crippen LogP contribution in [0.15, 0.2) is 12.2 Å². The minimum absolute atomic E-state index is 0.149. The van der Waals surface area contributed by atoms with E-state index in [1.807, 2.05) is 12.2 Å². The van der Waals surface area contributed by atoms with Crippen molar-refractivity contribution in [3.8, 4) is 0 Å². The van der Waals surface area contributed by atoms with Gasteiger partial charge in [-0.25, -0.2) is 0 Å². The lowest BCUT2D eigenvalue weighted by atomic mass is 10.1. The lowest BCUT2D eigenvalue weighted by Crippen LogP contribution is -2.17. The molecule has 1 aliphatic rings. The van der Waals surface area contributed by atoms with Gasteiger partial charge in [0.1, 0.15) is 0 Å². The first-order valence-electron chi connectivity index (χ1n) is 3.76. The van der Waals surface area contributed by atoms with Crippen LogP contribution in [-0.2, 0) is 9.53 Å². The van der Waals surface area contributed by atoms with Crippen molar-refractivity contribution in [2.45, 2.75) is 19.4 Å². The first-order valence-corrected chi connectivity index (χ1v) is 3.76. The maximum Gasteiger partial charge on any atom is 0.302 e. The van der Waals surface area contributed by atoms with Crippen LogP contribution in [0, 0.1) is 5.92 Å². The average molecular weight is 155 g/mol. The molecular weight excluding hydrogens is 142 g/mol. The van der Waals surface area contributed by atoms with E-state index < -0.39 is 0 Å². The molecule has 0 bridgehead atoms. The Morgan fingerprint density at radius 2 is 2.45 bits per heavy atom.